The van der Waals surface area contributed by atoms with Crippen molar-refractivity contribution in [2.24, 2.45) is 0 Å². The average molecular weight is 456 g/mol. The van der Waals surface area contributed by atoms with E-state index < -0.39 is 40.0 Å². The number of carbonyl (C=O) groups excluding carboxylic acids is 2. The number of hydrogen-bond acceptors (Lipinski definition) is 11. The predicted molar refractivity (Wildman–Crippen MR) is 98.7 cm³/mol. The highest BCUT2D eigenvalue weighted by Crippen LogP contribution is 2.36. The SMILES string of the molecule is O=C(Cn1cnnn1)N[C@@H]1C(=O)N2C(C(=O)O)=C(CSc3nncs3)CS(=O)[C@H]12. The minimum absolute atomic E-state index is 0.0126. The summed E-state index contributed by atoms with van der Waals surface area (Å²) in [6, 6.07) is -1.06. The topological polar surface area (TPSA) is 173 Å². The quantitative estimate of drug-likeness (QED) is 0.351. The lowest BCUT2D eigenvalue weighted by atomic mass is 10.0. The number of rotatable bonds is 7. The number of nitrogens with one attached hydrogen (secondary N) is 1. The van der Waals surface area contributed by atoms with Gasteiger partial charge in [0.1, 0.15) is 35.5 Å². The van der Waals surface area contributed by atoms with Gasteiger partial charge in [-0.25, -0.2) is 9.48 Å². The van der Waals surface area contributed by atoms with E-state index in [2.05, 4.69) is 31.0 Å². The van der Waals surface area contributed by atoms with Gasteiger partial charge in [0, 0.05) is 5.75 Å². The zero-order valence-corrected chi connectivity index (χ0v) is 16.8. The molecular formula is C13H12N8O5S3. The molecule has 3 atom stereocenters. The molecule has 4 rings (SSSR count). The van der Waals surface area contributed by atoms with Crippen molar-refractivity contribution in [1.82, 2.24) is 40.6 Å². The molecule has 16 heteroatoms. The van der Waals surface area contributed by atoms with Crippen molar-refractivity contribution in [3.63, 3.8) is 0 Å². The minimum Gasteiger partial charge on any atom is -0.477 e. The van der Waals surface area contributed by atoms with E-state index >= 15 is 0 Å². The number of hydrogen-bond donors (Lipinski definition) is 2. The molecule has 2 aliphatic heterocycles. The van der Waals surface area contributed by atoms with Crippen molar-refractivity contribution in [3.05, 3.63) is 23.1 Å². The number of aromatic nitrogens is 6. The first-order valence-electron chi connectivity index (χ1n) is 8.00. The highest BCUT2D eigenvalue weighted by Gasteiger charge is 2.57. The third-order valence-corrected chi connectivity index (χ3v) is 7.73. The molecule has 2 aliphatic rings. The number of carboxylic acid groups (broad SMARTS) is 1. The van der Waals surface area contributed by atoms with Crippen LogP contribution in [0.3, 0.4) is 0 Å². The molecule has 0 saturated carbocycles. The highest BCUT2D eigenvalue weighted by molar-refractivity contribution is 8.01. The smallest absolute Gasteiger partial charge is 0.352 e. The molecule has 0 bridgehead atoms. The van der Waals surface area contributed by atoms with Gasteiger partial charge in [-0.3, -0.25) is 18.7 Å². The fourth-order valence-electron chi connectivity index (χ4n) is 2.96. The summed E-state index contributed by atoms with van der Waals surface area (Å²) in [5, 5.41) is 29.1. The molecule has 13 nitrogen and oxygen atoms in total. The Morgan fingerprint density at radius 1 is 1.41 bits per heavy atom. The molecule has 152 valence electrons. The van der Waals surface area contributed by atoms with Gasteiger partial charge in [-0.05, 0) is 16.0 Å². The second-order valence-electron chi connectivity index (χ2n) is 5.93. The zero-order valence-electron chi connectivity index (χ0n) is 14.4. The fraction of sp³-hybridized carbons (Fsp3) is 0.385. The summed E-state index contributed by atoms with van der Waals surface area (Å²) >= 11 is 2.56. The van der Waals surface area contributed by atoms with Gasteiger partial charge in [-0.1, -0.05) is 23.1 Å². The van der Waals surface area contributed by atoms with Gasteiger partial charge in [0.05, 0.1) is 16.6 Å². The Morgan fingerprint density at radius 3 is 2.90 bits per heavy atom. The van der Waals surface area contributed by atoms with Crippen LogP contribution in [0.25, 0.3) is 0 Å². The third-order valence-electron chi connectivity index (χ3n) is 4.13. The van der Waals surface area contributed by atoms with Gasteiger partial charge in [0.2, 0.25) is 5.91 Å². The molecule has 0 aliphatic carbocycles. The monoisotopic (exact) mass is 456 g/mol. The standard InChI is InChI=1S/C13H12N8O5S3/c22-7(1-20-4-14-18-19-20)16-8-10(23)21-9(12(24)25)6(3-29(26)11(8)21)2-27-13-17-15-5-28-13/h4-5,8,11H,1-3H2,(H,16,22)(H,24,25)/t8-,11-,29?/m1/s1. The molecule has 2 N–H and O–H groups in total. The van der Waals surface area contributed by atoms with Crippen LogP contribution in [0.1, 0.15) is 0 Å². The summed E-state index contributed by atoms with van der Waals surface area (Å²) < 4.78 is 14.5. The Labute approximate surface area is 173 Å². The van der Waals surface area contributed by atoms with E-state index in [4.69, 9.17) is 0 Å². The molecule has 2 amide bonds. The Balaban J connectivity index is 1.50. The number of carboxylic acids is 1. The first-order valence-corrected chi connectivity index (χ1v) is 11.2. The summed E-state index contributed by atoms with van der Waals surface area (Å²) in [5.74, 6) is -2.25. The van der Waals surface area contributed by atoms with Crippen molar-refractivity contribution < 1.29 is 23.7 Å². The van der Waals surface area contributed by atoms with Crippen LogP contribution in [-0.2, 0) is 31.7 Å². The van der Waals surface area contributed by atoms with E-state index in [1.807, 2.05) is 0 Å². The maximum atomic E-state index is 12.7. The molecule has 29 heavy (non-hydrogen) atoms. The van der Waals surface area contributed by atoms with Crippen LogP contribution in [-0.4, -0.2) is 85.3 Å². The lowest BCUT2D eigenvalue weighted by Gasteiger charge is -2.49. The number of amides is 2. The first kappa shape index (κ1) is 19.6. The van der Waals surface area contributed by atoms with E-state index in [9.17, 15) is 23.7 Å². The van der Waals surface area contributed by atoms with Crippen LogP contribution in [0, 0.1) is 0 Å². The number of tetrazole rings is 1. The van der Waals surface area contributed by atoms with Crippen molar-refractivity contribution in [3.8, 4) is 0 Å². The molecule has 1 unspecified atom stereocenters. The number of carbonyl (C=O) groups is 3. The van der Waals surface area contributed by atoms with Crippen molar-refractivity contribution in [2.45, 2.75) is 22.3 Å². The van der Waals surface area contributed by atoms with E-state index in [0.717, 1.165) is 4.90 Å². The molecular weight excluding hydrogens is 444 g/mol. The van der Waals surface area contributed by atoms with Crippen molar-refractivity contribution >= 4 is 51.7 Å². The second-order valence-corrected chi connectivity index (χ2v) is 9.52. The molecule has 4 heterocycles. The molecule has 0 radical (unpaired) electrons. The van der Waals surface area contributed by atoms with Crippen LogP contribution < -0.4 is 5.32 Å². The van der Waals surface area contributed by atoms with Crippen LogP contribution in [0.4, 0.5) is 0 Å². The van der Waals surface area contributed by atoms with E-state index in [-0.39, 0.29) is 23.7 Å². The lowest BCUT2D eigenvalue weighted by molar-refractivity contribution is -0.151. The molecule has 0 spiro atoms. The molecule has 2 aromatic heterocycles. The van der Waals surface area contributed by atoms with E-state index in [1.165, 1.54) is 34.1 Å². The Hall–Kier alpha value is -2.72. The number of β-lactam (4-membered cyclic amide) rings is 1. The highest BCUT2D eigenvalue weighted by atomic mass is 32.2. The Morgan fingerprint density at radius 2 is 2.24 bits per heavy atom. The summed E-state index contributed by atoms with van der Waals surface area (Å²) in [5.41, 5.74) is 1.73. The Bertz CT molecular complexity index is 1010. The summed E-state index contributed by atoms with van der Waals surface area (Å²) in [6.07, 6.45) is 1.24. The zero-order chi connectivity index (χ0) is 20.5. The van der Waals surface area contributed by atoms with Crippen LogP contribution in [0.15, 0.2) is 27.4 Å². The van der Waals surface area contributed by atoms with Crippen molar-refractivity contribution in [1.29, 1.82) is 0 Å². The van der Waals surface area contributed by atoms with Gasteiger partial charge in [-0.15, -0.1) is 15.3 Å². The maximum Gasteiger partial charge on any atom is 0.352 e. The van der Waals surface area contributed by atoms with E-state index in [0.29, 0.717) is 9.91 Å². The minimum atomic E-state index is -1.57. The number of aliphatic carboxylic acids is 1. The number of thioether (sulfide) groups is 1. The lowest BCUT2D eigenvalue weighted by Crippen LogP contribution is -2.73. The third kappa shape index (κ3) is 3.77. The van der Waals surface area contributed by atoms with Crippen LogP contribution in [0.5, 0.6) is 0 Å². The molecule has 1 fully saturated rings. The van der Waals surface area contributed by atoms with Gasteiger partial charge in [0.25, 0.3) is 5.91 Å². The fourth-order valence-corrected chi connectivity index (χ4v) is 6.27. The first-order chi connectivity index (χ1) is 14.0. The maximum absolute atomic E-state index is 12.7. The van der Waals surface area contributed by atoms with E-state index in [1.54, 1.807) is 5.51 Å². The van der Waals surface area contributed by atoms with Gasteiger partial charge in [-0.2, -0.15) is 0 Å². The Kier molecular flexibility index (Phi) is 5.37. The molecule has 2 aromatic rings. The predicted octanol–water partition coefficient (Wildman–Crippen LogP) is -1.93. The molecule has 1 saturated heterocycles. The van der Waals surface area contributed by atoms with Gasteiger partial charge in [0.15, 0.2) is 4.34 Å². The second kappa shape index (κ2) is 7.96. The number of nitrogens with zero attached hydrogens (tertiary/aromatic N) is 7. The van der Waals surface area contributed by atoms with Gasteiger partial charge < -0.3 is 10.4 Å². The van der Waals surface area contributed by atoms with Crippen LogP contribution >= 0.6 is 23.1 Å². The molecule has 0 aromatic carbocycles. The van der Waals surface area contributed by atoms with Crippen LogP contribution in [0.2, 0.25) is 0 Å². The largest absolute Gasteiger partial charge is 0.477 e. The normalized spacial score (nSPS) is 23.5. The summed E-state index contributed by atoms with van der Waals surface area (Å²) in [4.78, 5) is 37.5. The summed E-state index contributed by atoms with van der Waals surface area (Å²) in [6.45, 7) is -0.221. The van der Waals surface area contributed by atoms with Crippen molar-refractivity contribution in [2.75, 3.05) is 11.5 Å². The number of fused-ring (bicyclic) bond motifs is 1. The van der Waals surface area contributed by atoms with Gasteiger partial charge >= 0.3 is 5.97 Å². The average Bonchev–Trinajstić information content (AvgIpc) is 3.37. The summed E-state index contributed by atoms with van der Waals surface area (Å²) in [7, 11) is -1.57.